The fourth-order valence-corrected chi connectivity index (χ4v) is 0.613. The average Bonchev–Trinajstić information content (AvgIpc) is 2.99. The van der Waals surface area contributed by atoms with Crippen LogP contribution in [0.25, 0.3) is 0 Å². The van der Waals surface area contributed by atoms with Gasteiger partial charge in [-0.2, -0.15) is 0 Å². The molecule has 1 aliphatic heterocycles. The van der Waals surface area contributed by atoms with E-state index in [1.807, 2.05) is 0 Å². The van der Waals surface area contributed by atoms with Crippen molar-refractivity contribution in [3.05, 3.63) is 0 Å². The Balaban J connectivity index is 0.000000292. The molecule has 1 unspecified atom stereocenters. The lowest BCUT2D eigenvalue weighted by Gasteiger charge is -1.98. The minimum Gasteiger partial charge on any atom is -0.394 e. The Kier molecular flexibility index (Phi) is 10.7. The highest BCUT2D eigenvalue weighted by molar-refractivity contribution is 4.66. The normalized spacial score (nSPS) is 18.6. The molecule has 0 aromatic rings. The average molecular weight is 208 g/mol. The van der Waals surface area contributed by atoms with E-state index in [1.54, 1.807) is 14.2 Å². The zero-order chi connectivity index (χ0) is 10.6. The number of methoxy groups -OCH3 is 2. The lowest BCUT2D eigenvalue weighted by atomic mass is 10.5. The summed E-state index contributed by atoms with van der Waals surface area (Å²) in [6.45, 7) is 3.51. The van der Waals surface area contributed by atoms with Gasteiger partial charge in [0.2, 0.25) is 0 Å². The molecule has 86 valence electrons. The van der Waals surface area contributed by atoms with Gasteiger partial charge in [0.25, 0.3) is 0 Å². The second kappa shape index (κ2) is 10.9. The second-order valence-electron chi connectivity index (χ2n) is 2.74. The lowest BCUT2D eigenvalue weighted by Crippen LogP contribution is -2.06. The second-order valence-corrected chi connectivity index (χ2v) is 2.74. The van der Waals surface area contributed by atoms with Crippen molar-refractivity contribution >= 4 is 0 Å². The first-order valence-corrected chi connectivity index (χ1v) is 4.63. The Morgan fingerprint density at radius 2 is 1.86 bits per heavy atom. The molecule has 0 aromatic heterocycles. The standard InChI is InChI=1S/C6H12O3.C3H8O2/c1-7-2-3-8-4-6-5-9-6;1-5-3-2-4/h6H,2-5H2,1H3;4H,2-3H2,1H3. The molecule has 0 bridgehead atoms. The Labute approximate surface area is 84.9 Å². The van der Waals surface area contributed by atoms with Crippen LogP contribution in [0.4, 0.5) is 0 Å². The topological polar surface area (TPSA) is 60.5 Å². The van der Waals surface area contributed by atoms with Gasteiger partial charge >= 0.3 is 0 Å². The number of hydrogen-bond donors (Lipinski definition) is 1. The largest absolute Gasteiger partial charge is 0.394 e. The van der Waals surface area contributed by atoms with Crippen molar-refractivity contribution in [2.45, 2.75) is 6.10 Å². The summed E-state index contributed by atoms with van der Waals surface area (Å²) in [5.41, 5.74) is 0. The van der Waals surface area contributed by atoms with Crippen LogP contribution in [0.15, 0.2) is 0 Å². The van der Waals surface area contributed by atoms with Crippen LogP contribution in [-0.4, -0.2) is 65.1 Å². The number of aliphatic hydroxyl groups excluding tert-OH is 1. The molecule has 0 radical (unpaired) electrons. The van der Waals surface area contributed by atoms with Crippen LogP contribution in [0.5, 0.6) is 0 Å². The van der Waals surface area contributed by atoms with Crippen LogP contribution >= 0.6 is 0 Å². The summed E-state index contributed by atoms with van der Waals surface area (Å²) >= 11 is 0. The van der Waals surface area contributed by atoms with Crippen LogP contribution in [0.2, 0.25) is 0 Å². The zero-order valence-corrected chi connectivity index (χ0v) is 8.90. The van der Waals surface area contributed by atoms with Gasteiger partial charge in [0.15, 0.2) is 0 Å². The summed E-state index contributed by atoms with van der Waals surface area (Å²) in [5, 5.41) is 7.94. The quantitative estimate of drug-likeness (QED) is 0.458. The molecule has 1 fully saturated rings. The highest BCUT2D eigenvalue weighted by Gasteiger charge is 2.21. The molecule has 1 aliphatic rings. The Morgan fingerprint density at radius 3 is 2.21 bits per heavy atom. The Bertz CT molecular complexity index is 103. The van der Waals surface area contributed by atoms with Gasteiger partial charge in [-0.15, -0.1) is 0 Å². The van der Waals surface area contributed by atoms with E-state index in [1.165, 1.54) is 0 Å². The van der Waals surface area contributed by atoms with Crippen LogP contribution in [0, 0.1) is 0 Å². The van der Waals surface area contributed by atoms with Crippen LogP contribution in [0.3, 0.4) is 0 Å². The molecule has 0 spiro atoms. The van der Waals surface area contributed by atoms with Gasteiger partial charge in [0, 0.05) is 14.2 Å². The Hall–Kier alpha value is -0.200. The molecule has 0 aromatic carbocycles. The third kappa shape index (κ3) is 11.8. The van der Waals surface area contributed by atoms with E-state index in [-0.39, 0.29) is 6.61 Å². The molecule has 1 saturated heterocycles. The zero-order valence-electron chi connectivity index (χ0n) is 8.90. The number of ether oxygens (including phenoxy) is 4. The highest BCUT2D eigenvalue weighted by atomic mass is 16.6. The number of epoxide rings is 1. The maximum Gasteiger partial charge on any atom is 0.104 e. The van der Waals surface area contributed by atoms with Gasteiger partial charge in [-0.1, -0.05) is 0 Å². The van der Waals surface area contributed by atoms with Gasteiger partial charge < -0.3 is 24.1 Å². The molecule has 0 saturated carbocycles. The fourth-order valence-electron chi connectivity index (χ4n) is 0.613. The van der Waals surface area contributed by atoms with Gasteiger partial charge in [0.1, 0.15) is 6.10 Å². The van der Waals surface area contributed by atoms with Crippen LogP contribution in [0.1, 0.15) is 0 Å². The molecule has 1 rings (SSSR count). The minimum absolute atomic E-state index is 0.122. The van der Waals surface area contributed by atoms with Crippen molar-refractivity contribution in [1.82, 2.24) is 0 Å². The number of hydrogen-bond acceptors (Lipinski definition) is 5. The molecule has 5 heteroatoms. The molecular weight excluding hydrogens is 188 g/mol. The molecule has 1 atom stereocenters. The maximum absolute atomic E-state index is 7.94. The monoisotopic (exact) mass is 208 g/mol. The summed E-state index contributed by atoms with van der Waals surface area (Å²) in [6, 6.07) is 0. The molecule has 5 nitrogen and oxygen atoms in total. The maximum atomic E-state index is 7.94. The molecule has 0 aliphatic carbocycles. The molecular formula is C9H20O5. The van der Waals surface area contributed by atoms with E-state index in [4.69, 9.17) is 19.3 Å². The summed E-state index contributed by atoms with van der Waals surface area (Å²) in [5.74, 6) is 0. The predicted molar refractivity (Wildman–Crippen MR) is 51.4 cm³/mol. The van der Waals surface area contributed by atoms with E-state index in [0.717, 1.165) is 13.2 Å². The molecule has 0 amide bonds. The highest BCUT2D eigenvalue weighted by Crippen LogP contribution is 2.07. The van der Waals surface area contributed by atoms with E-state index < -0.39 is 0 Å². The van der Waals surface area contributed by atoms with Gasteiger partial charge in [-0.05, 0) is 0 Å². The molecule has 1 heterocycles. The van der Waals surface area contributed by atoms with E-state index in [2.05, 4.69) is 4.74 Å². The first-order chi connectivity index (χ1) is 6.85. The van der Waals surface area contributed by atoms with Gasteiger partial charge in [0.05, 0.1) is 39.6 Å². The third-order valence-corrected chi connectivity index (χ3v) is 1.43. The van der Waals surface area contributed by atoms with E-state index in [0.29, 0.717) is 25.9 Å². The minimum atomic E-state index is 0.122. The Morgan fingerprint density at radius 1 is 1.21 bits per heavy atom. The number of aliphatic hydroxyl groups is 1. The van der Waals surface area contributed by atoms with Crippen molar-refractivity contribution in [3.8, 4) is 0 Å². The van der Waals surface area contributed by atoms with Gasteiger partial charge in [-0.25, -0.2) is 0 Å². The van der Waals surface area contributed by atoms with Crippen LogP contribution < -0.4 is 0 Å². The van der Waals surface area contributed by atoms with E-state index >= 15 is 0 Å². The van der Waals surface area contributed by atoms with Crippen LogP contribution in [-0.2, 0) is 18.9 Å². The van der Waals surface area contributed by atoms with Crippen molar-refractivity contribution in [2.75, 3.05) is 53.9 Å². The summed E-state index contributed by atoms with van der Waals surface area (Å²) in [7, 11) is 3.22. The summed E-state index contributed by atoms with van der Waals surface area (Å²) in [6.07, 6.45) is 0.377. The fraction of sp³-hybridized carbons (Fsp3) is 1.00. The van der Waals surface area contributed by atoms with Crippen molar-refractivity contribution in [2.24, 2.45) is 0 Å². The lowest BCUT2D eigenvalue weighted by molar-refractivity contribution is 0.0622. The molecule has 1 N–H and O–H groups in total. The SMILES string of the molecule is COCCO.COCCOCC1CO1. The summed E-state index contributed by atoms with van der Waals surface area (Å²) in [4.78, 5) is 0. The van der Waals surface area contributed by atoms with Crippen molar-refractivity contribution in [3.63, 3.8) is 0 Å². The first-order valence-electron chi connectivity index (χ1n) is 4.63. The first kappa shape index (κ1) is 13.8. The van der Waals surface area contributed by atoms with Crippen molar-refractivity contribution < 1.29 is 24.1 Å². The predicted octanol–water partition coefficient (Wildman–Crippen LogP) is -0.327. The van der Waals surface area contributed by atoms with Crippen molar-refractivity contribution in [1.29, 1.82) is 0 Å². The number of rotatable bonds is 7. The summed E-state index contributed by atoms with van der Waals surface area (Å²) < 4.78 is 19.3. The van der Waals surface area contributed by atoms with Gasteiger partial charge in [-0.3, -0.25) is 0 Å². The third-order valence-electron chi connectivity index (χ3n) is 1.43. The molecule has 14 heavy (non-hydrogen) atoms. The smallest absolute Gasteiger partial charge is 0.104 e. The van der Waals surface area contributed by atoms with E-state index in [9.17, 15) is 0 Å².